The molecular weight excluding hydrogens is 356 g/mol. The third kappa shape index (κ3) is 5.39. The van der Waals surface area contributed by atoms with Gasteiger partial charge < -0.3 is 20.1 Å². The monoisotopic (exact) mass is 376 g/mol. The quantitative estimate of drug-likeness (QED) is 0.778. The molecule has 0 bridgehead atoms. The number of ether oxygens (including phenoxy) is 2. The number of nitrogens with one attached hydrogen (secondary N) is 2. The SMILES string of the molecule is COc1ccc(CC(=O)NCC(=O)Nc2ccc(C)c(Cl)c2)cc1OC. The van der Waals surface area contributed by atoms with E-state index in [1.165, 1.54) is 7.11 Å². The zero-order chi connectivity index (χ0) is 19.1. The zero-order valence-corrected chi connectivity index (χ0v) is 15.6. The van der Waals surface area contributed by atoms with Gasteiger partial charge in [0.25, 0.3) is 0 Å². The number of anilines is 1. The molecule has 0 saturated heterocycles. The zero-order valence-electron chi connectivity index (χ0n) is 14.9. The highest BCUT2D eigenvalue weighted by molar-refractivity contribution is 6.31. The van der Waals surface area contributed by atoms with Crippen LogP contribution >= 0.6 is 11.6 Å². The molecule has 0 aliphatic heterocycles. The molecule has 0 fully saturated rings. The van der Waals surface area contributed by atoms with Crippen LogP contribution in [0.1, 0.15) is 11.1 Å². The van der Waals surface area contributed by atoms with Crippen molar-refractivity contribution in [1.29, 1.82) is 0 Å². The van der Waals surface area contributed by atoms with E-state index in [9.17, 15) is 9.59 Å². The van der Waals surface area contributed by atoms with E-state index >= 15 is 0 Å². The van der Waals surface area contributed by atoms with Crippen LogP contribution < -0.4 is 20.1 Å². The molecule has 2 aromatic rings. The first-order valence-electron chi connectivity index (χ1n) is 7.96. The van der Waals surface area contributed by atoms with Gasteiger partial charge in [0.2, 0.25) is 11.8 Å². The summed E-state index contributed by atoms with van der Waals surface area (Å²) in [6.45, 7) is 1.75. The number of hydrogen-bond donors (Lipinski definition) is 2. The Labute approximate surface area is 157 Å². The molecule has 2 N–H and O–H groups in total. The Morgan fingerprint density at radius 1 is 1.00 bits per heavy atom. The summed E-state index contributed by atoms with van der Waals surface area (Å²) in [6.07, 6.45) is 0.129. The first-order valence-corrected chi connectivity index (χ1v) is 8.34. The second kappa shape index (κ2) is 9.10. The van der Waals surface area contributed by atoms with E-state index in [0.29, 0.717) is 22.2 Å². The summed E-state index contributed by atoms with van der Waals surface area (Å²) in [5.41, 5.74) is 2.26. The Kier molecular flexibility index (Phi) is 6.86. The molecule has 0 radical (unpaired) electrons. The van der Waals surface area contributed by atoms with Crippen LogP contribution in [0.15, 0.2) is 36.4 Å². The number of methoxy groups -OCH3 is 2. The fourth-order valence-corrected chi connectivity index (χ4v) is 2.47. The van der Waals surface area contributed by atoms with Crippen LogP contribution in [-0.4, -0.2) is 32.6 Å². The van der Waals surface area contributed by atoms with Crippen LogP contribution in [0.2, 0.25) is 5.02 Å². The van der Waals surface area contributed by atoms with E-state index in [1.54, 1.807) is 37.4 Å². The molecule has 0 aromatic heterocycles. The summed E-state index contributed by atoms with van der Waals surface area (Å²) in [5, 5.41) is 5.84. The first kappa shape index (κ1) is 19.6. The lowest BCUT2D eigenvalue weighted by Gasteiger charge is -2.10. The summed E-state index contributed by atoms with van der Waals surface area (Å²) in [5.74, 6) is 0.541. The number of hydrogen-bond acceptors (Lipinski definition) is 4. The first-order chi connectivity index (χ1) is 12.4. The minimum atomic E-state index is -0.328. The van der Waals surface area contributed by atoms with E-state index in [4.69, 9.17) is 21.1 Å². The van der Waals surface area contributed by atoms with Gasteiger partial charge in [-0.2, -0.15) is 0 Å². The van der Waals surface area contributed by atoms with Crippen LogP contribution in [0.5, 0.6) is 11.5 Å². The molecule has 6 nitrogen and oxygen atoms in total. The van der Waals surface area contributed by atoms with Crippen molar-refractivity contribution in [3.05, 3.63) is 52.5 Å². The lowest BCUT2D eigenvalue weighted by molar-refractivity contribution is -0.123. The van der Waals surface area contributed by atoms with Gasteiger partial charge in [0.15, 0.2) is 11.5 Å². The Balaban J connectivity index is 1.86. The van der Waals surface area contributed by atoms with Crippen LogP contribution in [0.3, 0.4) is 0 Å². The van der Waals surface area contributed by atoms with Gasteiger partial charge in [-0.3, -0.25) is 9.59 Å². The lowest BCUT2D eigenvalue weighted by Crippen LogP contribution is -2.33. The summed E-state index contributed by atoms with van der Waals surface area (Å²) >= 11 is 6.02. The maximum absolute atomic E-state index is 12.0. The smallest absolute Gasteiger partial charge is 0.243 e. The molecule has 0 aliphatic carbocycles. The van der Waals surface area contributed by atoms with E-state index in [2.05, 4.69) is 10.6 Å². The molecule has 2 amide bonds. The van der Waals surface area contributed by atoms with Crippen molar-refractivity contribution in [3.63, 3.8) is 0 Å². The van der Waals surface area contributed by atoms with Gasteiger partial charge in [-0.15, -0.1) is 0 Å². The molecule has 138 valence electrons. The second-order valence-electron chi connectivity index (χ2n) is 5.65. The summed E-state index contributed by atoms with van der Waals surface area (Å²) in [6, 6.07) is 10.5. The third-order valence-electron chi connectivity index (χ3n) is 3.71. The van der Waals surface area contributed by atoms with Crippen molar-refractivity contribution in [2.45, 2.75) is 13.3 Å². The normalized spacial score (nSPS) is 10.2. The summed E-state index contributed by atoms with van der Waals surface area (Å²) in [4.78, 5) is 24.0. The van der Waals surface area contributed by atoms with Gasteiger partial charge in [-0.25, -0.2) is 0 Å². The van der Waals surface area contributed by atoms with Gasteiger partial charge in [0.05, 0.1) is 27.2 Å². The number of benzene rings is 2. The fraction of sp³-hybridized carbons (Fsp3) is 0.263. The highest BCUT2D eigenvalue weighted by Crippen LogP contribution is 2.27. The van der Waals surface area contributed by atoms with E-state index in [1.807, 2.05) is 13.0 Å². The average Bonchev–Trinajstić information content (AvgIpc) is 2.63. The lowest BCUT2D eigenvalue weighted by atomic mass is 10.1. The number of amides is 2. The number of carbonyl (C=O) groups excluding carboxylic acids is 2. The van der Waals surface area contributed by atoms with E-state index in [-0.39, 0.29) is 24.8 Å². The van der Waals surface area contributed by atoms with Gasteiger partial charge in [-0.1, -0.05) is 23.7 Å². The molecular formula is C19H21ClN2O4. The maximum Gasteiger partial charge on any atom is 0.243 e. The molecule has 0 unspecified atom stereocenters. The minimum absolute atomic E-state index is 0.127. The molecule has 0 aliphatic rings. The van der Waals surface area contributed by atoms with Crippen LogP contribution in [-0.2, 0) is 16.0 Å². The van der Waals surface area contributed by atoms with Crippen molar-refractivity contribution in [2.75, 3.05) is 26.1 Å². The Bertz CT molecular complexity index is 808. The largest absolute Gasteiger partial charge is 0.493 e. The number of rotatable bonds is 7. The average molecular weight is 377 g/mol. The number of carbonyl (C=O) groups is 2. The molecule has 0 atom stereocenters. The van der Waals surface area contributed by atoms with Crippen molar-refractivity contribution < 1.29 is 19.1 Å². The molecule has 2 aromatic carbocycles. The van der Waals surface area contributed by atoms with Crippen LogP contribution in [0.25, 0.3) is 0 Å². The molecule has 26 heavy (non-hydrogen) atoms. The van der Waals surface area contributed by atoms with Crippen LogP contribution in [0.4, 0.5) is 5.69 Å². The Hall–Kier alpha value is -2.73. The van der Waals surface area contributed by atoms with Gasteiger partial charge in [-0.05, 0) is 42.3 Å². The number of aryl methyl sites for hydroxylation is 1. The predicted octanol–water partition coefficient (Wildman–Crippen LogP) is 2.96. The highest BCUT2D eigenvalue weighted by atomic mass is 35.5. The third-order valence-corrected chi connectivity index (χ3v) is 4.12. The molecule has 7 heteroatoms. The molecule has 0 saturated carbocycles. The fourth-order valence-electron chi connectivity index (χ4n) is 2.29. The van der Waals surface area contributed by atoms with E-state index < -0.39 is 0 Å². The van der Waals surface area contributed by atoms with Crippen molar-refractivity contribution in [1.82, 2.24) is 5.32 Å². The summed E-state index contributed by atoms with van der Waals surface area (Å²) < 4.78 is 10.4. The number of halogens is 1. The minimum Gasteiger partial charge on any atom is -0.493 e. The van der Waals surface area contributed by atoms with Gasteiger partial charge in [0, 0.05) is 10.7 Å². The topological polar surface area (TPSA) is 76.7 Å². The second-order valence-corrected chi connectivity index (χ2v) is 6.06. The maximum atomic E-state index is 12.0. The van der Waals surface area contributed by atoms with Crippen molar-refractivity contribution in [2.24, 2.45) is 0 Å². The van der Waals surface area contributed by atoms with E-state index in [0.717, 1.165) is 11.1 Å². The Morgan fingerprint density at radius 2 is 1.73 bits per heavy atom. The van der Waals surface area contributed by atoms with Gasteiger partial charge in [0.1, 0.15) is 0 Å². The Morgan fingerprint density at radius 3 is 2.38 bits per heavy atom. The van der Waals surface area contributed by atoms with Crippen LogP contribution in [0, 0.1) is 6.92 Å². The molecule has 2 rings (SSSR count). The van der Waals surface area contributed by atoms with Gasteiger partial charge >= 0.3 is 0 Å². The predicted molar refractivity (Wildman–Crippen MR) is 101 cm³/mol. The standard InChI is InChI=1S/C19H21ClN2O4/c1-12-4-6-14(10-15(12)20)22-19(24)11-21-18(23)9-13-5-7-16(25-2)17(8-13)26-3/h4-8,10H,9,11H2,1-3H3,(H,21,23)(H,22,24). The molecule has 0 heterocycles. The summed E-state index contributed by atoms with van der Waals surface area (Å²) in [7, 11) is 3.08. The van der Waals surface area contributed by atoms with Crippen molar-refractivity contribution in [3.8, 4) is 11.5 Å². The highest BCUT2D eigenvalue weighted by Gasteiger charge is 2.10. The molecule has 0 spiro atoms. The van der Waals surface area contributed by atoms with Crippen molar-refractivity contribution >= 4 is 29.1 Å².